The van der Waals surface area contributed by atoms with Gasteiger partial charge >= 0.3 is 6.03 Å². The lowest BCUT2D eigenvalue weighted by atomic mass is 9.95. The molecule has 1 fully saturated rings. The van der Waals surface area contributed by atoms with E-state index in [0.717, 1.165) is 19.5 Å². The van der Waals surface area contributed by atoms with Gasteiger partial charge in [-0.1, -0.05) is 6.92 Å². The van der Waals surface area contributed by atoms with Crippen molar-refractivity contribution in [1.82, 2.24) is 15.5 Å². The first-order valence-corrected chi connectivity index (χ1v) is 6.02. The molecule has 0 radical (unpaired) electrons. The molecule has 18 heavy (non-hydrogen) atoms. The van der Waals surface area contributed by atoms with Crippen molar-refractivity contribution >= 4 is 24.3 Å². The zero-order chi connectivity index (χ0) is 12.8. The molecular formula is C11H23ClN4O2. The lowest BCUT2D eigenvalue weighted by molar-refractivity contribution is -0.120. The molecule has 0 spiro atoms. The number of nitrogens with two attached hydrogens (primary N) is 1. The molecule has 0 saturated carbocycles. The van der Waals surface area contributed by atoms with Crippen LogP contribution in [0.15, 0.2) is 0 Å². The molecule has 1 aliphatic rings. The summed E-state index contributed by atoms with van der Waals surface area (Å²) in [6.45, 7) is 4.66. The Morgan fingerprint density at radius 2 is 2.11 bits per heavy atom. The second-order valence-corrected chi connectivity index (χ2v) is 4.61. The highest BCUT2D eigenvalue weighted by molar-refractivity contribution is 5.94. The molecule has 0 aromatic rings. The zero-order valence-corrected chi connectivity index (χ0v) is 11.8. The Kier molecular flexibility index (Phi) is 7.90. The molecule has 6 nitrogen and oxygen atoms in total. The molecule has 4 N–H and O–H groups in total. The Balaban J connectivity index is 0.00000289. The van der Waals surface area contributed by atoms with E-state index >= 15 is 0 Å². The molecule has 1 saturated heterocycles. The number of carbonyl (C=O) groups excluding carboxylic acids is 2. The van der Waals surface area contributed by atoms with Crippen LogP contribution in [0.4, 0.5) is 4.79 Å². The second-order valence-electron chi connectivity index (χ2n) is 4.61. The van der Waals surface area contributed by atoms with Crippen molar-refractivity contribution in [2.45, 2.75) is 25.8 Å². The van der Waals surface area contributed by atoms with Crippen molar-refractivity contribution in [3.8, 4) is 0 Å². The minimum atomic E-state index is -0.455. The quantitative estimate of drug-likeness (QED) is 0.674. The maximum atomic E-state index is 11.4. The predicted molar refractivity (Wildman–Crippen MR) is 72.7 cm³/mol. The summed E-state index contributed by atoms with van der Waals surface area (Å²) in [6, 6.07) is -0.185. The fourth-order valence-electron chi connectivity index (χ4n) is 1.96. The monoisotopic (exact) mass is 278 g/mol. The number of nitrogens with zero attached hydrogens (tertiary/aromatic N) is 1. The molecule has 0 aromatic carbocycles. The number of nitrogens with one attached hydrogen (secondary N) is 2. The van der Waals surface area contributed by atoms with E-state index in [4.69, 9.17) is 5.73 Å². The van der Waals surface area contributed by atoms with Gasteiger partial charge in [0.25, 0.3) is 0 Å². The first kappa shape index (κ1) is 17.2. The van der Waals surface area contributed by atoms with Gasteiger partial charge in [0.15, 0.2) is 0 Å². The van der Waals surface area contributed by atoms with Crippen LogP contribution in [0.3, 0.4) is 0 Å². The molecule has 1 rings (SSSR count). The normalized spacial score (nSPS) is 23.9. The number of halogens is 1. The lowest BCUT2D eigenvalue weighted by Crippen LogP contribution is -2.47. The highest BCUT2D eigenvalue weighted by atomic mass is 35.5. The van der Waals surface area contributed by atoms with Crippen molar-refractivity contribution < 1.29 is 9.59 Å². The summed E-state index contributed by atoms with van der Waals surface area (Å²) < 4.78 is 0. The summed E-state index contributed by atoms with van der Waals surface area (Å²) in [5.41, 5.74) is 5.92. The molecule has 2 atom stereocenters. The van der Waals surface area contributed by atoms with Crippen LogP contribution in [0, 0.1) is 5.92 Å². The third-order valence-electron chi connectivity index (χ3n) is 3.19. The smallest absolute Gasteiger partial charge is 0.321 e. The number of amides is 3. The van der Waals surface area contributed by atoms with E-state index in [1.54, 1.807) is 0 Å². The molecule has 106 valence electrons. The van der Waals surface area contributed by atoms with E-state index in [2.05, 4.69) is 22.5 Å². The summed E-state index contributed by atoms with van der Waals surface area (Å²) in [4.78, 5) is 24.5. The second kappa shape index (κ2) is 8.29. The molecule has 1 heterocycles. The molecule has 1 aliphatic heterocycles. The van der Waals surface area contributed by atoms with E-state index < -0.39 is 6.03 Å². The van der Waals surface area contributed by atoms with Gasteiger partial charge in [0.05, 0.1) is 0 Å². The van der Waals surface area contributed by atoms with Crippen LogP contribution in [0.1, 0.15) is 19.8 Å². The van der Waals surface area contributed by atoms with Crippen LogP contribution in [-0.2, 0) is 4.79 Å². The number of likely N-dealkylation sites (tertiary alicyclic amines) is 1. The molecule has 3 amide bonds. The minimum absolute atomic E-state index is 0. The van der Waals surface area contributed by atoms with Crippen molar-refractivity contribution in [2.24, 2.45) is 11.7 Å². The van der Waals surface area contributed by atoms with Crippen LogP contribution < -0.4 is 16.4 Å². The largest absolute Gasteiger partial charge is 0.341 e. The van der Waals surface area contributed by atoms with Crippen molar-refractivity contribution in [3.63, 3.8) is 0 Å². The summed E-state index contributed by atoms with van der Waals surface area (Å²) >= 11 is 0. The fraction of sp³-hybridized carbons (Fsp3) is 0.818. The van der Waals surface area contributed by atoms with Crippen LogP contribution in [-0.4, -0.2) is 49.6 Å². The van der Waals surface area contributed by atoms with Gasteiger partial charge in [-0.3, -0.25) is 10.1 Å². The average Bonchev–Trinajstić information content (AvgIpc) is 2.30. The van der Waals surface area contributed by atoms with E-state index in [0.29, 0.717) is 18.9 Å². The van der Waals surface area contributed by atoms with Crippen LogP contribution >= 0.6 is 12.4 Å². The number of carbonyl (C=O) groups is 2. The molecular weight excluding hydrogens is 256 g/mol. The fourth-order valence-corrected chi connectivity index (χ4v) is 1.96. The highest BCUT2D eigenvalue weighted by Gasteiger charge is 2.23. The van der Waals surface area contributed by atoms with Crippen LogP contribution in [0.5, 0.6) is 0 Å². The number of hydrogen-bond donors (Lipinski definition) is 3. The number of piperidine rings is 1. The van der Waals surface area contributed by atoms with Crippen LogP contribution in [0.25, 0.3) is 0 Å². The maximum absolute atomic E-state index is 11.4. The minimum Gasteiger partial charge on any atom is -0.341 e. The van der Waals surface area contributed by atoms with E-state index in [1.165, 1.54) is 7.05 Å². The lowest BCUT2D eigenvalue weighted by Gasteiger charge is -2.34. The average molecular weight is 279 g/mol. The maximum Gasteiger partial charge on any atom is 0.321 e. The summed E-state index contributed by atoms with van der Waals surface area (Å²) in [5, 5.41) is 4.59. The molecule has 0 bridgehead atoms. The predicted octanol–water partition coefficient (Wildman–Crippen LogP) is -0.0770. The first-order chi connectivity index (χ1) is 8.02. The Labute approximate surface area is 114 Å². The van der Waals surface area contributed by atoms with Gasteiger partial charge in [-0.25, -0.2) is 4.79 Å². The number of rotatable bonds is 3. The van der Waals surface area contributed by atoms with E-state index in [-0.39, 0.29) is 24.4 Å². The summed E-state index contributed by atoms with van der Waals surface area (Å²) in [6.07, 6.45) is 1.31. The summed E-state index contributed by atoms with van der Waals surface area (Å²) in [5.74, 6) is 0.220. The van der Waals surface area contributed by atoms with Crippen molar-refractivity contribution in [2.75, 3.05) is 26.7 Å². The van der Waals surface area contributed by atoms with Gasteiger partial charge in [-0.15, -0.1) is 12.4 Å². The Bertz CT molecular complexity index is 288. The van der Waals surface area contributed by atoms with Crippen LogP contribution in [0.2, 0.25) is 0 Å². The Morgan fingerprint density at radius 1 is 1.44 bits per heavy atom. The van der Waals surface area contributed by atoms with Gasteiger partial charge in [0, 0.05) is 32.6 Å². The zero-order valence-electron chi connectivity index (χ0n) is 10.9. The topological polar surface area (TPSA) is 87.5 Å². The Morgan fingerprint density at radius 3 is 2.67 bits per heavy atom. The molecule has 0 aromatic heterocycles. The van der Waals surface area contributed by atoms with E-state index in [1.807, 2.05) is 0 Å². The molecule has 2 unspecified atom stereocenters. The first-order valence-electron chi connectivity index (χ1n) is 6.02. The summed E-state index contributed by atoms with van der Waals surface area (Å²) in [7, 11) is 1.48. The number of hydrogen-bond acceptors (Lipinski definition) is 4. The number of imide groups is 1. The van der Waals surface area contributed by atoms with Gasteiger partial charge in [0.1, 0.15) is 0 Å². The van der Waals surface area contributed by atoms with Crippen molar-refractivity contribution in [3.05, 3.63) is 0 Å². The SMILES string of the molecule is CNC(=O)NC(=O)CCN1CCC(N)C(C)C1.Cl. The van der Waals surface area contributed by atoms with Gasteiger partial charge in [0.2, 0.25) is 5.91 Å². The number of urea groups is 1. The highest BCUT2D eigenvalue weighted by Crippen LogP contribution is 2.14. The molecule has 0 aliphatic carbocycles. The van der Waals surface area contributed by atoms with Gasteiger partial charge in [-0.2, -0.15) is 0 Å². The standard InChI is InChI=1S/C11H22N4O2.ClH/c1-8-7-15(5-3-9(8)12)6-4-10(16)14-11(17)13-2;/h8-9H,3-7,12H2,1-2H3,(H2,13,14,16,17);1H. The van der Waals surface area contributed by atoms with Gasteiger partial charge in [-0.05, 0) is 18.9 Å². The van der Waals surface area contributed by atoms with E-state index in [9.17, 15) is 9.59 Å². The molecule has 7 heteroatoms. The Hall–Kier alpha value is -0.850. The van der Waals surface area contributed by atoms with Crippen molar-refractivity contribution in [1.29, 1.82) is 0 Å². The third kappa shape index (κ3) is 5.66. The third-order valence-corrected chi connectivity index (χ3v) is 3.19. The van der Waals surface area contributed by atoms with Gasteiger partial charge < -0.3 is 16.0 Å².